The van der Waals surface area contributed by atoms with Gasteiger partial charge in [-0.25, -0.2) is 4.39 Å². The van der Waals surface area contributed by atoms with Crippen molar-refractivity contribution in [2.45, 2.75) is 11.4 Å². The Bertz CT molecular complexity index is 766. The summed E-state index contributed by atoms with van der Waals surface area (Å²) in [6.45, 7) is 0.505. The summed E-state index contributed by atoms with van der Waals surface area (Å²) in [6, 6.07) is 10.1. The van der Waals surface area contributed by atoms with Crippen LogP contribution in [0.1, 0.15) is 4.88 Å². The van der Waals surface area contributed by atoms with Gasteiger partial charge in [0.2, 0.25) is 5.91 Å². The molecule has 0 unspecified atom stereocenters. The molecule has 6 heteroatoms. The van der Waals surface area contributed by atoms with Crippen LogP contribution in [-0.4, -0.2) is 11.7 Å². The Morgan fingerprint density at radius 1 is 1.22 bits per heavy atom. The number of nitrogens with one attached hydrogen (secondary N) is 1. The molecule has 1 aromatic carbocycles. The minimum atomic E-state index is -0.273. The number of halogens is 1. The topological polar surface area (TPSA) is 42.2 Å². The number of furan rings is 1. The van der Waals surface area contributed by atoms with Crippen molar-refractivity contribution in [3.8, 4) is 11.1 Å². The number of hydrogen-bond acceptors (Lipinski definition) is 4. The predicted molar refractivity (Wildman–Crippen MR) is 91.0 cm³/mol. The van der Waals surface area contributed by atoms with Crippen molar-refractivity contribution in [3.05, 3.63) is 65.0 Å². The van der Waals surface area contributed by atoms with E-state index >= 15 is 0 Å². The fourth-order valence-corrected chi connectivity index (χ4v) is 3.53. The number of carbonyl (C=O) groups excluding carboxylic acids is 1. The largest absolute Gasteiger partial charge is 0.472 e. The Morgan fingerprint density at radius 3 is 2.78 bits per heavy atom. The first-order valence-corrected chi connectivity index (χ1v) is 8.82. The van der Waals surface area contributed by atoms with Gasteiger partial charge in [0.15, 0.2) is 0 Å². The van der Waals surface area contributed by atoms with Crippen molar-refractivity contribution in [1.29, 1.82) is 0 Å². The first-order valence-electron chi connectivity index (χ1n) is 6.96. The highest BCUT2D eigenvalue weighted by Gasteiger charge is 2.06. The smallest absolute Gasteiger partial charge is 0.230 e. The normalized spacial score (nSPS) is 10.7. The first kappa shape index (κ1) is 15.8. The van der Waals surface area contributed by atoms with Gasteiger partial charge in [0.25, 0.3) is 0 Å². The second kappa shape index (κ2) is 7.48. The summed E-state index contributed by atoms with van der Waals surface area (Å²) in [5.74, 6) is -0.00601. The number of carbonyl (C=O) groups is 1. The van der Waals surface area contributed by atoms with Gasteiger partial charge < -0.3 is 9.73 Å². The van der Waals surface area contributed by atoms with Crippen molar-refractivity contribution in [1.82, 2.24) is 5.32 Å². The van der Waals surface area contributed by atoms with Crippen LogP contribution in [0.5, 0.6) is 0 Å². The molecule has 0 fully saturated rings. The van der Waals surface area contributed by atoms with Crippen LogP contribution in [-0.2, 0) is 11.3 Å². The van der Waals surface area contributed by atoms with Crippen LogP contribution in [0.25, 0.3) is 11.1 Å². The Hall–Kier alpha value is -2.05. The van der Waals surface area contributed by atoms with Gasteiger partial charge in [-0.1, -0.05) is 0 Å². The molecule has 3 rings (SSSR count). The SMILES string of the molecule is O=C(CSc1ccc(F)cc1)NCc1cc(-c2ccoc2)cs1. The van der Waals surface area contributed by atoms with Crippen LogP contribution in [0.4, 0.5) is 4.39 Å². The molecule has 3 aromatic rings. The maximum absolute atomic E-state index is 12.8. The average molecular weight is 347 g/mol. The number of thioether (sulfide) groups is 1. The molecule has 0 spiro atoms. The summed E-state index contributed by atoms with van der Waals surface area (Å²) < 4.78 is 17.9. The van der Waals surface area contributed by atoms with E-state index in [4.69, 9.17) is 4.42 Å². The van der Waals surface area contributed by atoms with E-state index in [0.29, 0.717) is 12.3 Å². The van der Waals surface area contributed by atoms with Gasteiger partial charge in [0.1, 0.15) is 5.82 Å². The van der Waals surface area contributed by atoms with Crippen molar-refractivity contribution >= 4 is 29.0 Å². The molecule has 1 amide bonds. The zero-order chi connectivity index (χ0) is 16.1. The van der Waals surface area contributed by atoms with Crippen molar-refractivity contribution < 1.29 is 13.6 Å². The molecule has 0 aliphatic heterocycles. The zero-order valence-corrected chi connectivity index (χ0v) is 13.8. The lowest BCUT2D eigenvalue weighted by molar-refractivity contribution is -0.118. The van der Waals surface area contributed by atoms with Gasteiger partial charge in [-0.3, -0.25) is 4.79 Å². The van der Waals surface area contributed by atoms with E-state index in [9.17, 15) is 9.18 Å². The summed E-state index contributed by atoms with van der Waals surface area (Å²) in [5.41, 5.74) is 2.12. The van der Waals surface area contributed by atoms with Gasteiger partial charge in [0, 0.05) is 15.3 Å². The lowest BCUT2D eigenvalue weighted by atomic mass is 10.2. The summed E-state index contributed by atoms with van der Waals surface area (Å²) in [5, 5.41) is 4.93. The summed E-state index contributed by atoms with van der Waals surface area (Å²) in [4.78, 5) is 13.8. The number of rotatable bonds is 6. The Balaban J connectivity index is 1.46. The molecule has 0 aliphatic carbocycles. The van der Waals surface area contributed by atoms with Crippen LogP contribution in [0.3, 0.4) is 0 Å². The minimum absolute atomic E-state index is 0.0439. The zero-order valence-electron chi connectivity index (χ0n) is 12.1. The lowest BCUT2D eigenvalue weighted by Crippen LogP contribution is -2.24. The van der Waals surface area contributed by atoms with Gasteiger partial charge in [-0.05, 0) is 47.3 Å². The third-order valence-corrected chi connectivity index (χ3v) is 5.10. The number of amides is 1. The van der Waals surface area contributed by atoms with E-state index in [2.05, 4.69) is 5.32 Å². The fourth-order valence-electron chi connectivity index (χ4n) is 1.97. The minimum Gasteiger partial charge on any atom is -0.472 e. The fraction of sp³-hybridized carbons (Fsp3) is 0.118. The second-order valence-electron chi connectivity index (χ2n) is 4.83. The maximum Gasteiger partial charge on any atom is 0.230 e. The van der Waals surface area contributed by atoms with E-state index < -0.39 is 0 Å². The van der Waals surface area contributed by atoms with E-state index in [-0.39, 0.29) is 11.7 Å². The number of hydrogen-bond donors (Lipinski definition) is 1. The summed E-state index contributed by atoms with van der Waals surface area (Å²) in [7, 11) is 0. The van der Waals surface area contributed by atoms with Crippen LogP contribution in [0, 0.1) is 5.82 Å². The molecule has 0 saturated carbocycles. The number of thiophene rings is 1. The Morgan fingerprint density at radius 2 is 2.04 bits per heavy atom. The van der Waals surface area contributed by atoms with Gasteiger partial charge in [-0.15, -0.1) is 23.1 Å². The monoisotopic (exact) mass is 347 g/mol. The first-order chi connectivity index (χ1) is 11.2. The molecule has 0 atom stereocenters. The van der Waals surface area contributed by atoms with E-state index in [1.54, 1.807) is 36.0 Å². The quantitative estimate of drug-likeness (QED) is 0.665. The summed E-state index contributed by atoms with van der Waals surface area (Å²) in [6.07, 6.45) is 3.34. The molecule has 2 aromatic heterocycles. The molecule has 0 bridgehead atoms. The molecule has 2 heterocycles. The van der Waals surface area contributed by atoms with Crippen LogP contribution < -0.4 is 5.32 Å². The molecular weight excluding hydrogens is 333 g/mol. The van der Waals surface area contributed by atoms with E-state index in [1.807, 2.05) is 17.5 Å². The predicted octanol–water partition coefficient (Wildman–Crippen LogP) is 4.56. The molecule has 0 aliphatic rings. The van der Waals surface area contributed by atoms with Crippen molar-refractivity contribution in [3.63, 3.8) is 0 Å². The number of benzene rings is 1. The van der Waals surface area contributed by atoms with Gasteiger partial charge in [-0.2, -0.15) is 0 Å². The van der Waals surface area contributed by atoms with E-state index in [1.165, 1.54) is 23.9 Å². The molecule has 118 valence electrons. The molecular formula is C17H14FNO2S2. The Labute approximate surface area is 141 Å². The summed E-state index contributed by atoms with van der Waals surface area (Å²) >= 11 is 2.99. The molecule has 23 heavy (non-hydrogen) atoms. The van der Waals surface area contributed by atoms with Crippen molar-refractivity contribution in [2.24, 2.45) is 0 Å². The van der Waals surface area contributed by atoms with Crippen LogP contribution in [0.15, 0.2) is 63.6 Å². The third kappa shape index (κ3) is 4.46. The molecule has 0 saturated heterocycles. The second-order valence-corrected chi connectivity index (χ2v) is 6.88. The highest BCUT2D eigenvalue weighted by Crippen LogP contribution is 2.26. The van der Waals surface area contributed by atoms with Crippen LogP contribution >= 0.6 is 23.1 Å². The van der Waals surface area contributed by atoms with Gasteiger partial charge >= 0.3 is 0 Å². The standard InChI is InChI=1S/C17H14FNO2S2/c18-14-1-3-15(4-2-14)23-11-17(20)19-8-16-7-13(10-22-16)12-5-6-21-9-12/h1-7,9-10H,8,11H2,(H,19,20). The third-order valence-electron chi connectivity index (χ3n) is 3.15. The van der Waals surface area contributed by atoms with E-state index in [0.717, 1.165) is 20.9 Å². The maximum atomic E-state index is 12.8. The molecule has 0 radical (unpaired) electrons. The Kier molecular flexibility index (Phi) is 5.15. The lowest BCUT2D eigenvalue weighted by Gasteiger charge is -2.03. The van der Waals surface area contributed by atoms with Crippen molar-refractivity contribution in [2.75, 3.05) is 5.75 Å². The highest BCUT2D eigenvalue weighted by molar-refractivity contribution is 8.00. The van der Waals surface area contributed by atoms with Crippen LogP contribution in [0.2, 0.25) is 0 Å². The average Bonchev–Trinajstić information content (AvgIpc) is 3.23. The molecule has 1 N–H and O–H groups in total. The van der Waals surface area contributed by atoms with Gasteiger partial charge in [0.05, 0.1) is 24.8 Å². The molecule has 3 nitrogen and oxygen atoms in total. The highest BCUT2D eigenvalue weighted by atomic mass is 32.2.